The maximum atomic E-state index is 8.93. The molecule has 18 heavy (non-hydrogen) atoms. The van der Waals surface area contributed by atoms with Gasteiger partial charge in [0.15, 0.2) is 0 Å². The predicted molar refractivity (Wildman–Crippen MR) is 78.5 cm³/mol. The number of benzene rings is 1. The SMILES string of the molecule is CCCCCCC(/C=C/c1ccccc1Cl)=N/O. The number of halogens is 1. The van der Waals surface area contributed by atoms with E-state index in [-0.39, 0.29) is 0 Å². The minimum Gasteiger partial charge on any atom is -0.411 e. The van der Waals surface area contributed by atoms with E-state index in [4.69, 9.17) is 16.8 Å². The number of hydrogen-bond donors (Lipinski definition) is 1. The van der Waals surface area contributed by atoms with Gasteiger partial charge in [-0.25, -0.2) is 0 Å². The number of hydrogen-bond acceptors (Lipinski definition) is 2. The molecule has 0 saturated heterocycles. The molecule has 0 aliphatic heterocycles. The molecular formula is C15H20ClNO. The molecule has 0 unspecified atom stereocenters. The lowest BCUT2D eigenvalue weighted by molar-refractivity contribution is 0.318. The van der Waals surface area contributed by atoms with Crippen molar-refractivity contribution < 1.29 is 5.21 Å². The summed E-state index contributed by atoms with van der Waals surface area (Å²) in [7, 11) is 0. The van der Waals surface area contributed by atoms with Crippen LogP contribution < -0.4 is 0 Å². The van der Waals surface area contributed by atoms with E-state index in [2.05, 4.69) is 12.1 Å². The molecule has 0 aliphatic rings. The molecule has 0 aliphatic carbocycles. The Hall–Kier alpha value is -1.28. The molecule has 3 heteroatoms. The molecule has 0 amide bonds. The maximum absolute atomic E-state index is 8.93. The van der Waals surface area contributed by atoms with Crippen LogP contribution in [0.2, 0.25) is 5.02 Å². The van der Waals surface area contributed by atoms with E-state index in [1.807, 2.05) is 36.4 Å². The molecule has 1 rings (SSSR count). The fourth-order valence-corrected chi connectivity index (χ4v) is 1.89. The average molecular weight is 266 g/mol. The highest BCUT2D eigenvalue weighted by Gasteiger charge is 1.98. The van der Waals surface area contributed by atoms with Crippen molar-refractivity contribution in [2.75, 3.05) is 0 Å². The van der Waals surface area contributed by atoms with Crippen LogP contribution in [0.1, 0.15) is 44.6 Å². The Morgan fingerprint density at radius 3 is 2.72 bits per heavy atom. The van der Waals surface area contributed by atoms with Gasteiger partial charge >= 0.3 is 0 Å². The van der Waals surface area contributed by atoms with E-state index >= 15 is 0 Å². The summed E-state index contributed by atoms with van der Waals surface area (Å²) < 4.78 is 0. The topological polar surface area (TPSA) is 32.6 Å². The van der Waals surface area contributed by atoms with Crippen LogP contribution in [-0.4, -0.2) is 10.9 Å². The molecular weight excluding hydrogens is 246 g/mol. The van der Waals surface area contributed by atoms with Crippen LogP contribution in [0.4, 0.5) is 0 Å². The normalized spacial score (nSPS) is 12.2. The maximum Gasteiger partial charge on any atom is 0.0795 e. The van der Waals surface area contributed by atoms with Gasteiger partial charge in [0.05, 0.1) is 5.71 Å². The van der Waals surface area contributed by atoms with Gasteiger partial charge in [0.1, 0.15) is 0 Å². The van der Waals surface area contributed by atoms with Crippen LogP contribution >= 0.6 is 11.6 Å². The first-order chi connectivity index (χ1) is 8.77. The van der Waals surface area contributed by atoms with Crippen LogP contribution in [0.3, 0.4) is 0 Å². The van der Waals surface area contributed by atoms with E-state index in [9.17, 15) is 0 Å². The van der Waals surface area contributed by atoms with Gasteiger partial charge in [0.2, 0.25) is 0 Å². The van der Waals surface area contributed by atoms with Crippen molar-refractivity contribution in [3.8, 4) is 0 Å². The van der Waals surface area contributed by atoms with Gasteiger partial charge in [-0.15, -0.1) is 0 Å². The summed E-state index contributed by atoms with van der Waals surface area (Å²) in [6.07, 6.45) is 9.19. The van der Waals surface area contributed by atoms with E-state index in [1.165, 1.54) is 19.3 Å². The van der Waals surface area contributed by atoms with Crippen molar-refractivity contribution in [2.45, 2.75) is 39.0 Å². The first-order valence-corrected chi connectivity index (χ1v) is 6.79. The molecule has 1 N–H and O–H groups in total. The zero-order valence-electron chi connectivity index (χ0n) is 10.8. The highest BCUT2D eigenvalue weighted by molar-refractivity contribution is 6.32. The van der Waals surface area contributed by atoms with Gasteiger partial charge in [0, 0.05) is 5.02 Å². The van der Waals surface area contributed by atoms with Crippen LogP contribution in [0.15, 0.2) is 35.5 Å². The summed E-state index contributed by atoms with van der Waals surface area (Å²) in [5.74, 6) is 0. The molecule has 0 bridgehead atoms. The van der Waals surface area contributed by atoms with Crippen molar-refractivity contribution in [3.63, 3.8) is 0 Å². The molecule has 0 atom stereocenters. The lowest BCUT2D eigenvalue weighted by Crippen LogP contribution is -1.93. The summed E-state index contributed by atoms with van der Waals surface area (Å²) >= 11 is 6.04. The molecule has 0 spiro atoms. The summed E-state index contributed by atoms with van der Waals surface area (Å²) in [5.41, 5.74) is 1.64. The lowest BCUT2D eigenvalue weighted by atomic mass is 10.1. The number of nitrogens with zero attached hydrogens (tertiary/aromatic N) is 1. The van der Waals surface area contributed by atoms with Crippen LogP contribution in [0, 0.1) is 0 Å². The van der Waals surface area contributed by atoms with Crippen LogP contribution in [0.5, 0.6) is 0 Å². The number of oxime groups is 1. The van der Waals surface area contributed by atoms with E-state index in [1.54, 1.807) is 0 Å². The fourth-order valence-electron chi connectivity index (χ4n) is 1.70. The zero-order chi connectivity index (χ0) is 13.2. The molecule has 0 heterocycles. The summed E-state index contributed by atoms with van der Waals surface area (Å²) in [5, 5.41) is 13.0. The molecule has 98 valence electrons. The first kappa shape index (κ1) is 14.8. The highest BCUT2D eigenvalue weighted by atomic mass is 35.5. The number of unbranched alkanes of at least 4 members (excludes halogenated alkanes) is 3. The fraction of sp³-hybridized carbons (Fsp3) is 0.400. The van der Waals surface area contributed by atoms with Gasteiger partial charge in [-0.05, 0) is 30.5 Å². The third-order valence-corrected chi connectivity index (χ3v) is 3.12. The highest BCUT2D eigenvalue weighted by Crippen LogP contribution is 2.16. The van der Waals surface area contributed by atoms with Gasteiger partial charge in [-0.3, -0.25) is 0 Å². The molecule has 0 aromatic heterocycles. The van der Waals surface area contributed by atoms with Crippen LogP contribution in [-0.2, 0) is 0 Å². The van der Waals surface area contributed by atoms with Crippen LogP contribution in [0.25, 0.3) is 6.08 Å². The van der Waals surface area contributed by atoms with Crippen molar-refractivity contribution in [2.24, 2.45) is 5.16 Å². The molecule has 1 aromatic rings. The van der Waals surface area contributed by atoms with Gasteiger partial charge in [-0.1, -0.05) is 67.2 Å². The Morgan fingerprint density at radius 1 is 1.28 bits per heavy atom. The second-order valence-corrected chi connectivity index (χ2v) is 4.66. The molecule has 0 fully saturated rings. The Morgan fingerprint density at radius 2 is 2.06 bits per heavy atom. The average Bonchev–Trinajstić information content (AvgIpc) is 2.40. The quantitative estimate of drug-likeness (QED) is 0.314. The van der Waals surface area contributed by atoms with Gasteiger partial charge in [-0.2, -0.15) is 0 Å². The first-order valence-electron chi connectivity index (χ1n) is 6.41. The largest absolute Gasteiger partial charge is 0.411 e. The Kier molecular flexibility index (Phi) is 7.19. The second kappa shape index (κ2) is 8.76. The molecule has 2 nitrogen and oxygen atoms in total. The van der Waals surface area contributed by atoms with E-state index in [0.717, 1.165) is 18.4 Å². The lowest BCUT2D eigenvalue weighted by Gasteiger charge is -2.00. The smallest absolute Gasteiger partial charge is 0.0795 e. The second-order valence-electron chi connectivity index (χ2n) is 4.26. The molecule has 1 aromatic carbocycles. The van der Waals surface area contributed by atoms with E-state index < -0.39 is 0 Å². The third kappa shape index (κ3) is 5.37. The van der Waals surface area contributed by atoms with Crippen molar-refractivity contribution in [1.82, 2.24) is 0 Å². The third-order valence-electron chi connectivity index (χ3n) is 2.78. The molecule has 0 radical (unpaired) electrons. The zero-order valence-corrected chi connectivity index (χ0v) is 11.5. The minimum atomic E-state index is 0.700. The predicted octanol–water partition coefficient (Wildman–Crippen LogP) is 5.15. The standard InChI is InChI=1S/C15H20ClNO/c1-2-3-4-5-9-14(17-18)12-11-13-8-6-7-10-15(13)16/h6-8,10-12,18H,2-5,9H2,1H3/b12-11+,17-14-. The van der Waals surface area contributed by atoms with Gasteiger partial charge in [0.25, 0.3) is 0 Å². The number of rotatable bonds is 7. The summed E-state index contributed by atoms with van der Waals surface area (Å²) in [4.78, 5) is 0. The molecule has 0 saturated carbocycles. The monoisotopic (exact) mass is 265 g/mol. The van der Waals surface area contributed by atoms with Crippen molar-refractivity contribution in [3.05, 3.63) is 40.9 Å². The Balaban J connectivity index is 2.51. The minimum absolute atomic E-state index is 0.700. The Bertz CT molecular complexity index is 413. The summed E-state index contributed by atoms with van der Waals surface area (Å²) in [6, 6.07) is 7.61. The van der Waals surface area contributed by atoms with Crippen molar-refractivity contribution in [1.29, 1.82) is 0 Å². The Labute approximate surface area is 114 Å². The van der Waals surface area contributed by atoms with E-state index in [0.29, 0.717) is 10.7 Å². The number of allylic oxidation sites excluding steroid dienone is 1. The summed E-state index contributed by atoms with van der Waals surface area (Å²) in [6.45, 7) is 2.18. The van der Waals surface area contributed by atoms with Crippen molar-refractivity contribution >= 4 is 23.4 Å². The van der Waals surface area contributed by atoms with Gasteiger partial charge < -0.3 is 5.21 Å².